The van der Waals surface area contributed by atoms with Crippen LogP contribution < -0.4 is 9.47 Å². The van der Waals surface area contributed by atoms with Crippen molar-refractivity contribution in [3.63, 3.8) is 0 Å². The second-order valence-electron chi connectivity index (χ2n) is 6.94. The van der Waals surface area contributed by atoms with Gasteiger partial charge in [0.15, 0.2) is 11.5 Å². The number of amides is 1. The van der Waals surface area contributed by atoms with Crippen LogP contribution in [0.5, 0.6) is 11.5 Å². The number of ether oxygens (including phenoxy) is 2. The molecule has 3 rings (SSSR count). The number of nitrogens with zero attached hydrogens (tertiary/aromatic N) is 5. The van der Waals surface area contributed by atoms with E-state index in [2.05, 4.69) is 15.3 Å². The van der Waals surface area contributed by atoms with E-state index >= 15 is 0 Å². The van der Waals surface area contributed by atoms with E-state index in [0.29, 0.717) is 42.5 Å². The van der Waals surface area contributed by atoms with E-state index in [1.54, 1.807) is 30.3 Å². The van der Waals surface area contributed by atoms with Crippen molar-refractivity contribution < 1.29 is 14.3 Å². The summed E-state index contributed by atoms with van der Waals surface area (Å²) in [5.41, 5.74) is 2.21. The van der Waals surface area contributed by atoms with Gasteiger partial charge >= 0.3 is 0 Å². The third kappa shape index (κ3) is 5.91. The van der Waals surface area contributed by atoms with E-state index in [4.69, 9.17) is 20.1 Å². The first kappa shape index (κ1) is 23.4. The highest BCUT2D eigenvalue weighted by atomic mass is 16.5. The minimum absolute atomic E-state index is 0.251. The zero-order valence-electron chi connectivity index (χ0n) is 18.5. The van der Waals surface area contributed by atoms with Crippen molar-refractivity contribution in [1.29, 1.82) is 10.7 Å². The molecule has 1 aliphatic heterocycles. The number of nitriles is 1. The largest absolute Gasteiger partial charge is 0.490 e. The Morgan fingerprint density at radius 3 is 2.70 bits per heavy atom. The van der Waals surface area contributed by atoms with Crippen LogP contribution in [-0.2, 0) is 0 Å². The molecule has 9 heteroatoms. The fourth-order valence-corrected chi connectivity index (χ4v) is 3.25. The highest BCUT2D eigenvalue weighted by molar-refractivity contribution is 6.03. The van der Waals surface area contributed by atoms with Gasteiger partial charge in [-0.1, -0.05) is 6.07 Å². The quantitative estimate of drug-likeness (QED) is 0.354. The maximum atomic E-state index is 13.1. The summed E-state index contributed by atoms with van der Waals surface area (Å²) < 4.78 is 11.3. The highest BCUT2D eigenvalue weighted by Gasteiger charge is 2.22. The molecule has 0 spiro atoms. The van der Waals surface area contributed by atoms with E-state index in [1.807, 2.05) is 37.9 Å². The van der Waals surface area contributed by atoms with Crippen LogP contribution in [0.3, 0.4) is 0 Å². The van der Waals surface area contributed by atoms with Crippen molar-refractivity contribution in [3.8, 4) is 17.6 Å². The zero-order valence-corrected chi connectivity index (χ0v) is 18.5. The summed E-state index contributed by atoms with van der Waals surface area (Å²) in [4.78, 5) is 13.1. The van der Waals surface area contributed by atoms with Gasteiger partial charge in [0, 0.05) is 23.5 Å². The molecule has 0 saturated heterocycles. The van der Waals surface area contributed by atoms with E-state index in [0.717, 1.165) is 24.1 Å². The zero-order chi connectivity index (χ0) is 23.6. The number of carbonyl (C=O) groups is 1. The number of rotatable bonds is 8. The molecule has 2 aromatic rings. The van der Waals surface area contributed by atoms with Crippen LogP contribution in [0.1, 0.15) is 42.6 Å². The topological polar surface area (TPSA) is 123 Å². The van der Waals surface area contributed by atoms with Gasteiger partial charge in [-0.05, 0) is 63.1 Å². The molecule has 0 unspecified atom stereocenters. The van der Waals surface area contributed by atoms with Gasteiger partial charge in [-0.25, -0.2) is 5.01 Å². The number of benzene rings is 2. The van der Waals surface area contributed by atoms with Gasteiger partial charge in [0.25, 0.3) is 5.91 Å². The standard InChI is InChI=1S/C24H24N6O3/c1-3-32-22-11-10-17(14-23(22)33-4-2)21-9-6-12-30(29-21)24(31)18-7-5-8-19(13-18)27-28-20(15-25)16-26/h5,7-8,10-11,13-14,25H,3-4,6,9,12H2,1-2H3. The van der Waals surface area contributed by atoms with Crippen LogP contribution in [0.25, 0.3) is 0 Å². The van der Waals surface area contributed by atoms with Crippen LogP contribution >= 0.6 is 0 Å². The minimum Gasteiger partial charge on any atom is -0.490 e. The summed E-state index contributed by atoms with van der Waals surface area (Å²) in [6.45, 7) is 5.38. The van der Waals surface area contributed by atoms with Crippen LogP contribution in [0, 0.1) is 16.7 Å². The van der Waals surface area contributed by atoms with Crippen molar-refractivity contribution in [3.05, 3.63) is 59.3 Å². The Hall–Kier alpha value is -4.28. The molecule has 1 heterocycles. The molecule has 0 atom stereocenters. The third-order valence-electron chi connectivity index (χ3n) is 4.72. The van der Waals surface area contributed by atoms with Crippen LogP contribution in [0.4, 0.5) is 5.69 Å². The summed E-state index contributed by atoms with van der Waals surface area (Å²) in [5, 5.41) is 29.4. The first-order valence-corrected chi connectivity index (χ1v) is 10.6. The highest BCUT2D eigenvalue weighted by Crippen LogP contribution is 2.30. The summed E-state index contributed by atoms with van der Waals surface area (Å²) >= 11 is 0. The van der Waals surface area contributed by atoms with Crippen molar-refractivity contribution >= 4 is 23.2 Å². The average molecular weight is 444 g/mol. The molecule has 0 aromatic heterocycles. The fourth-order valence-electron chi connectivity index (χ4n) is 3.25. The number of azo groups is 1. The molecule has 0 saturated carbocycles. The van der Waals surface area contributed by atoms with Gasteiger partial charge in [0.05, 0.1) is 24.6 Å². The second-order valence-corrected chi connectivity index (χ2v) is 6.94. The SMILES string of the molecule is CCOc1ccc(C2=NN(C(=O)c3cccc(N=NC(=C=N)C#N)c3)CCC2)cc1OCC. The van der Waals surface area contributed by atoms with Crippen LogP contribution in [0.2, 0.25) is 0 Å². The van der Waals surface area contributed by atoms with Gasteiger partial charge in [0.2, 0.25) is 5.70 Å². The molecule has 0 fully saturated rings. The monoisotopic (exact) mass is 444 g/mol. The van der Waals surface area contributed by atoms with Gasteiger partial charge in [-0.3, -0.25) is 10.2 Å². The van der Waals surface area contributed by atoms with E-state index in [1.165, 1.54) is 5.01 Å². The average Bonchev–Trinajstić information content (AvgIpc) is 2.86. The molecule has 1 amide bonds. The van der Waals surface area contributed by atoms with Gasteiger partial charge < -0.3 is 9.47 Å². The molecule has 1 aliphatic rings. The Labute approximate surface area is 192 Å². The lowest BCUT2D eigenvalue weighted by Crippen LogP contribution is -2.32. The summed E-state index contributed by atoms with van der Waals surface area (Å²) in [6.07, 6.45) is 1.52. The van der Waals surface area contributed by atoms with Crippen molar-refractivity contribution in [1.82, 2.24) is 5.01 Å². The molecule has 0 bridgehead atoms. The van der Waals surface area contributed by atoms with Gasteiger partial charge in [0.1, 0.15) is 6.07 Å². The normalized spacial score (nSPS) is 13.1. The maximum absolute atomic E-state index is 13.1. The molecular weight excluding hydrogens is 420 g/mol. The Balaban J connectivity index is 1.84. The lowest BCUT2D eigenvalue weighted by molar-refractivity contribution is 0.0751. The third-order valence-corrected chi connectivity index (χ3v) is 4.72. The molecule has 2 aromatic carbocycles. The number of nitrogens with one attached hydrogen (secondary N) is 1. The first-order valence-electron chi connectivity index (χ1n) is 10.6. The molecule has 9 nitrogen and oxygen atoms in total. The Kier molecular flexibility index (Phi) is 8.06. The summed E-state index contributed by atoms with van der Waals surface area (Å²) in [5.74, 6) is 2.95. The lowest BCUT2D eigenvalue weighted by atomic mass is 10.0. The smallest absolute Gasteiger partial charge is 0.274 e. The number of hydrogen-bond donors (Lipinski definition) is 1. The number of allylic oxidation sites excluding steroid dienone is 1. The molecule has 33 heavy (non-hydrogen) atoms. The van der Waals surface area contributed by atoms with Gasteiger partial charge in [-0.15, -0.1) is 10.2 Å². The van der Waals surface area contributed by atoms with Gasteiger partial charge in [-0.2, -0.15) is 10.4 Å². The first-order chi connectivity index (χ1) is 16.1. The number of hydrazone groups is 1. The summed E-state index contributed by atoms with van der Waals surface area (Å²) in [7, 11) is 0. The van der Waals surface area contributed by atoms with E-state index in [-0.39, 0.29) is 11.6 Å². The Bertz CT molecular complexity index is 1170. The molecule has 0 aliphatic carbocycles. The predicted octanol–water partition coefficient (Wildman–Crippen LogP) is 4.86. The van der Waals surface area contributed by atoms with E-state index < -0.39 is 0 Å². The van der Waals surface area contributed by atoms with Crippen LogP contribution in [-0.4, -0.2) is 42.3 Å². The second kappa shape index (κ2) is 11.4. The van der Waals surface area contributed by atoms with E-state index in [9.17, 15) is 4.79 Å². The van der Waals surface area contributed by atoms with Crippen molar-refractivity contribution in [2.45, 2.75) is 26.7 Å². The Morgan fingerprint density at radius 1 is 1.18 bits per heavy atom. The van der Waals surface area contributed by atoms with Crippen molar-refractivity contribution in [2.24, 2.45) is 15.3 Å². The molecule has 1 N–H and O–H groups in total. The van der Waals surface area contributed by atoms with Crippen LogP contribution in [0.15, 0.2) is 63.5 Å². The molecular formula is C24H24N6O3. The molecule has 168 valence electrons. The molecule has 0 radical (unpaired) electrons. The van der Waals surface area contributed by atoms with Crippen molar-refractivity contribution in [2.75, 3.05) is 19.8 Å². The predicted molar refractivity (Wildman–Crippen MR) is 123 cm³/mol. The number of carbonyl (C=O) groups excluding carboxylic acids is 1. The maximum Gasteiger partial charge on any atom is 0.274 e. The summed E-state index contributed by atoms with van der Waals surface area (Å²) in [6, 6.07) is 14.0. The fraction of sp³-hybridized carbons (Fsp3) is 0.292. The lowest BCUT2D eigenvalue weighted by Gasteiger charge is -2.24. The number of hydrogen-bond acceptors (Lipinski definition) is 8. The Morgan fingerprint density at radius 2 is 1.97 bits per heavy atom. The minimum atomic E-state index is -0.261.